The first-order chi connectivity index (χ1) is 12.8. The van der Waals surface area contributed by atoms with Crippen LogP contribution in [0.4, 0.5) is 27.5 Å². The van der Waals surface area contributed by atoms with Gasteiger partial charge in [0.1, 0.15) is 6.29 Å². The second-order valence-electron chi connectivity index (χ2n) is 4.88. The molecule has 0 spiro atoms. The van der Waals surface area contributed by atoms with Crippen molar-refractivity contribution in [2.24, 2.45) is 10.8 Å². The highest BCUT2D eigenvalue weighted by Crippen LogP contribution is 2.14. The van der Waals surface area contributed by atoms with E-state index in [0.717, 1.165) is 17.7 Å². The highest BCUT2D eigenvalue weighted by molar-refractivity contribution is 5.89. The van der Waals surface area contributed by atoms with E-state index in [0.29, 0.717) is 11.4 Å². The van der Waals surface area contributed by atoms with Crippen LogP contribution in [-0.4, -0.2) is 24.9 Å². The van der Waals surface area contributed by atoms with Crippen molar-refractivity contribution < 1.29 is 14.4 Å². The fourth-order valence-corrected chi connectivity index (χ4v) is 1.72. The van der Waals surface area contributed by atoms with E-state index in [-0.39, 0.29) is 5.91 Å². The summed E-state index contributed by atoms with van der Waals surface area (Å²) in [5.41, 5.74) is 15.8. The number of anilines is 4. The SMILES string of the molecule is C=NNc1cccc(NC(N)=O)c1.CC(=O)Nc1cccc(N)c1.CC=O. The molecule has 0 saturated carbocycles. The van der Waals surface area contributed by atoms with Gasteiger partial charge in [-0.15, -0.1) is 0 Å². The number of nitrogens with one attached hydrogen (secondary N) is 3. The number of nitrogens with two attached hydrogens (primary N) is 2. The fraction of sp³-hybridized carbons (Fsp3) is 0.111. The molecule has 0 aliphatic rings. The summed E-state index contributed by atoms with van der Waals surface area (Å²) in [5.74, 6) is -0.0874. The van der Waals surface area contributed by atoms with E-state index in [4.69, 9.17) is 16.3 Å². The first kappa shape index (κ1) is 23.1. The molecule has 0 fully saturated rings. The summed E-state index contributed by atoms with van der Waals surface area (Å²) < 4.78 is 0. The Bertz CT molecular complexity index is 764. The van der Waals surface area contributed by atoms with E-state index in [2.05, 4.69) is 27.9 Å². The zero-order chi connectivity index (χ0) is 20.7. The van der Waals surface area contributed by atoms with Crippen molar-refractivity contribution in [3.05, 3.63) is 48.5 Å². The summed E-state index contributed by atoms with van der Waals surface area (Å²) >= 11 is 0. The highest BCUT2D eigenvalue weighted by atomic mass is 16.2. The third-order valence-corrected chi connectivity index (χ3v) is 2.55. The Morgan fingerprint density at radius 3 is 2.04 bits per heavy atom. The molecule has 0 aromatic heterocycles. The number of hydrogen-bond acceptors (Lipinski definition) is 6. The Morgan fingerprint density at radius 1 is 1.04 bits per heavy atom. The summed E-state index contributed by atoms with van der Waals surface area (Å²) in [6.07, 6.45) is 0.750. The van der Waals surface area contributed by atoms with Crippen molar-refractivity contribution in [1.29, 1.82) is 0 Å². The van der Waals surface area contributed by atoms with Crippen LogP contribution in [0.3, 0.4) is 0 Å². The van der Waals surface area contributed by atoms with Crippen LogP contribution in [0, 0.1) is 0 Å². The minimum absolute atomic E-state index is 0.0874. The Balaban J connectivity index is 0.000000442. The van der Waals surface area contributed by atoms with Gasteiger partial charge in [-0.3, -0.25) is 10.2 Å². The number of hydrazone groups is 1. The molecule has 0 saturated heterocycles. The first-order valence-corrected chi connectivity index (χ1v) is 7.73. The normalized spacial score (nSPS) is 8.52. The molecule has 0 bridgehead atoms. The monoisotopic (exact) mass is 372 g/mol. The van der Waals surface area contributed by atoms with Gasteiger partial charge < -0.3 is 26.9 Å². The minimum Gasteiger partial charge on any atom is -0.399 e. The van der Waals surface area contributed by atoms with Crippen molar-refractivity contribution in [3.63, 3.8) is 0 Å². The van der Waals surface area contributed by atoms with Crippen LogP contribution in [0.1, 0.15) is 13.8 Å². The average Bonchev–Trinajstić information content (AvgIpc) is 2.55. The molecule has 9 heteroatoms. The standard InChI is InChI=1S/C8H10N4O.C8H10N2O.C2H4O/c1-10-12-7-4-2-3-6(5-7)11-8(9)13;1-6(11)10-8-4-2-3-7(9)5-8;1-2-3/h2-5,12H,1H2,(H3,9,11,13);2-5H,9H2,1H3,(H,10,11);2H,1H3. The van der Waals surface area contributed by atoms with Crippen molar-refractivity contribution in [1.82, 2.24) is 0 Å². The number of rotatable bonds is 4. The van der Waals surface area contributed by atoms with Gasteiger partial charge in [0.15, 0.2) is 0 Å². The molecule has 9 nitrogen and oxygen atoms in total. The quantitative estimate of drug-likeness (QED) is 0.242. The van der Waals surface area contributed by atoms with Gasteiger partial charge in [0.25, 0.3) is 0 Å². The largest absolute Gasteiger partial charge is 0.399 e. The molecule has 144 valence electrons. The highest BCUT2D eigenvalue weighted by Gasteiger charge is 1.96. The maximum Gasteiger partial charge on any atom is 0.316 e. The number of urea groups is 1. The molecule has 2 aromatic rings. The van der Waals surface area contributed by atoms with E-state index in [1.807, 2.05) is 0 Å². The number of carbonyl (C=O) groups excluding carboxylic acids is 3. The number of aldehydes is 1. The topological polar surface area (TPSA) is 152 Å². The maximum atomic E-state index is 10.6. The minimum atomic E-state index is -0.594. The second kappa shape index (κ2) is 13.4. The third-order valence-electron chi connectivity index (χ3n) is 2.55. The lowest BCUT2D eigenvalue weighted by Crippen LogP contribution is -2.19. The van der Waals surface area contributed by atoms with Crippen molar-refractivity contribution >= 4 is 47.7 Å². The van der Waals surface area contributed by atoms with Crippen LogP contribution in [0.2, 0.25) is 0 Å². The molecule has 2 rings (SSSR count). The molecular weight excluding hydrogens is 348 g/mol. The van der Waals surface area contributed by atoms with E-state index >= 15 is 0 Å². The van der Waals surface area contributed by atoms with Gasteiger partial charge in [0.2, 0.25) is 5.91 Å². The molecule has 0 heterocycles. The molecule has 0 radical (unpaired) electrons. The smallest absolute Gasteiger partial charge is 0.316 e. The van der Waals surface area contributed by atoms with Gasteiger partial charge in [-0.25, -0.2) is 4.79 Å². The lowest BCUT2D eigenvalue weighted by atomic mass is 10.3. The van der Waals surface area contributed by atoms with Crippen LogP contribution < -0.4 is 27.5 Å². The number of nitrogen functional groups attached to an aromatic ring is 1. The number of nitrogens with zero attached hydrogens (tertiary/aromatic N) is 1. The zero-order valence-corrected chi connectivity index (χ0v) is 15.2. The second-order valence-corrected chi connectivity index (χ2v) is 4.88. The van der Waals surface area contributed by atoms with Gasteiger partial charge in [-0.2, -0.15) is 5.10 Å². The lowest BCUT2D eigenvalue weighted by Gasteiger charge is -2.03. The van der Waals surface area contributed by atoms with E-state index < -0.39 is 6.03 Å². The third kappa shape index (κ3) is 12.2. The van der Waals surface area contributed by atoms with Crippen LogP contribution in [0.15, 0.2) is 53.6 Å². The van der Waals surface area contributed by atoms with Gasteiger partial charge in [0, 0.05) is 30.7 Å². The summed E-state index contributed by atoms with van der Waals surface area (Å²) in [5, 5.41) is 8.55. The van der Waals surface area contributed by atoms with Gasteiger partial charge >= 0.3 is 6.03 Å². The maximum absolute atomic E-state index is 10.6. The summed E-state index contributed by atoms with van der Waals surface area (Å²) in [4.78, 5) is 29.9. The van der Waals surface area contributed by atoms with Crippen molar-refractivity contribution in [3.8, 4) is 0 Å². The number of benzene rings is 2. The number of carbonyl (C=O) groups is 3. The Labute approximate surface area is 157 Å². The summed E-state index contributed by atoms with van der Waals surface area (Å²) in [6.45, 7) is 6.18. The van der Waals surface area contributed by atoms with Crippen LogP contribution in [0.25, 0.3) is 0 Å². The Morgan fingerprint density at radius 2 is 1.56 bits per heavy atom. The molecule has 3 amide bonds. The Kier molecular flexibility index (Phi) is 11.5. The number of hydrogen-bond donors (Lipinski definition) is 5. The van der Waals surface area contributed by atoms with E-state index in [1.165, 1.54) is 13.8 Å². The van der Waals surface area contributed by atoms with Gasteiger partial charge in [0.05, 0.1) is 5.69 Å². The molecule has 7 N–H and O–H groups in total. The number of amides is 3. The average molecular weight is 372 g/mol. The van der Waals surface area contributed by atoms with Gasteiger partial charge in [-0.05, 0) is 43.3 Å². The van der Waals surface area contributed by atoms with E-state index in [9.17, 15) is 9.59 Å². The molecule has 0 aliphatic carbocycles. The summed E-state index contributed by atoms with van der Waals surface area (Å²) in [7, 11) is 0. The molecule has 0 unspecified atom stereocenters. The number of primary amides is 1. The van der Waals surface area contributed by atoms with Crippen LogP contribution >= 0.6 is 0 Å². The Hall–Kier alpha value is -3.88. The predicted molar refractivity (Wildman–Crippen MR) is 110 cm³/mol. The summed E-state index contributed by atoms with van der Waals surface area (Å²) in [6, 6.07) is 13.4. The molecule has 27 heavy (non-hydrogen) atoms. The molecule has 2 aromatic carbocycles. The van der Waals surface area contributed by atoms with Crippen LogP contribution in [-0.2, 0) is 9.59 Å². The molecular formula is C18H24N6O3. The van der Waals surface area contributed by atoms with Gasteiger partial charge in [-0.1, -0.05) is 12.1 Å². The van der Waals surface area contributed by atoms with Crippen molar-refractivity contribution in [2.75, 3.05) is 21.8 Å². The lowest BCUT2D eigenvalue weighted by molar-refractivity contribution is -0.114. The molecule has 0 atom stereocenters. The van der Waals surface area contributed by atoms with E-state index in [1.54, 1.807) is 48.5 Å². The predicted octanol–water partition coefficient (Wildman–Crippen LogP) is 2.64. The van der Waals surface area contributed by atoms with Crippen molar-refractivity contribution in [2.45, 2.75) is 13.8 Å². The first-order valence-electron chi connectivity index (χ1n) is 7.73. The zero-order valence-electron chi connectivity index (χ0n) is 15.2. The fourth-order valence-electron chi connectivity index (χ4n) is 1.72. The molecule has 0 aliphatic heterocycles. The van der Waals surface area contributed by atoms with Crippen LogP contribution in [0.5, 0.6) is 0 Å².